The van der Waals surface area contributed by atoms with Gasteiger partial charge in [0.05, 0.1) is 6.54 Å². The molecule has 0 aliphatic rings. The first-order chi connectivity index (χ1) is 9.99. The number of rotatable bonds is 6. The molecule has 5 nitrogen and oxygen atoms in total. The highest BCUT2D eigenvalue weighted by atomic mass is 32.1. The summed E-state index contributed by atoms with van der Waals surface area (Å²) in [4.78, 5) is 6.85. The normalized spacial score (nSPS) is 10.9. The molecule has 0 atom stereocenters. The van der Waals surface area contributed by atoms with Crippen LogP contribution >= 0.6 is 12.2 Å². The Hall–Kier alpha value is -1.95. The molecule has 6 heteroatoms. The highest BCUT2D eigenvalue weighted by molar-refractivity contribution is 7.80. The van der Waals surface area contributed by atoms with Crippen molar-refractivity contribution in [1.82, 2.24) is 14.8 Å². The molecule has 2 N–H and O–H groups in total. The molecule has 0 saturated heterocycles. The van der Waals surface area contributed by atoms with Crippen molar-refractivity contribution in [3.05, 3.63) is 42.0 Å². The van der Waals surface area contributed by atoms with Crippen LogP contribution in [0.25, 0.3) is 0 Å². The van der Waals surface area contributed by atoms with Gasteiger partial charge in [0.2, 0.25) is 0 Å². The molecule has 0 aliphatic carbocycles. The Bertz CT molecular complexity index is 620. The predicted octanol–water partition coefficient (Wildman–Crippen LogP) is 2.20. The van der Waals surface area contributed by atoms with E-state index in [1.165, 1.54) is 0 Å². The second kappa shape index (κ2) is 6.67. The van der Waals surface area contributed by atoms with E-state index in [0.717, 1.165) is 23.6 Å². The maximum atomic E-state index is 5.79. The Kier molecular flexibility index (Phi) is 4.90. The minimum absolute atomic E-state index is 0.404. The van der Waals surface area contributed by atoms with Crippen LogP contribution in [-0.2, 0) is 13.1 Å². The number of aromatic nitrogens is 3. The van der Waals surface area contributed by atoms with Crippen molar-refractivity contribution in [2.45, 2.75) is 26.9 Å². The van der Waals surface area contributed by atoms with Crippen LogP contribution in [0.4, 0.5) is 5.69 Å². The van der Waals surface area contributed by atoms with Crippen LogP contribution in [-0.4, -0.2) is 26.8 Å². The maximum absolute atomic E-state index is 5.79. The third kappa shape index (κ3) is 3.78. The van der Waals surface area contributed by atoms with E-state index in [1.807, 2.05) is 36.0 Å². The highest BCUT2D eigenvalue weighted by Gasteiger charge is 2.13. The third-order valence-corrected chi connectivity index (χ3v) is 3.41. The standard InChI is InChI=1S/C15H21N5S/c1-11(2)8-20-14(17-10-18-20)9-19(3)13-7-5-4-6-12(13)15(16)21/h4-7,10-11H,8-9H2,1-3H3,(H2,16,21). The van der Waals surface area contributed by atoms with Crippen LogP contribution in [0, 0.1) is 5.92 Å². The van der Waals surface area contributed by atoms with Gasteiger partial charge < -0.3 is 10.6 Å². The second-order valence-electron chi connectivity index (χ2n) is 5.49. The van der Waals surface area contributed by atoms with E-state index in [2.05, 4.69) is 28.8 Å². The van der Waals surface area contributed by atoms with E-state index in [9.17, 15) is 0 Å². The minimum Gasteiger partial charge on any atom is -0.389 e. The lowest BCUT2D eigenvalue weighted by Crippen LogP contribution is -2.24. The molecule has 0 aliphatic heterocycles. The van der Waals surface area contributed by atoms with Gasteiger partial charge in [-0.15, -0.1) is 0 Å². The zero-order valence-electron chi connectivity index (χ0n) is 12.7. The van der Waals surface area contributed by atoms with Gasteiger partial charge in [0, 0.05) is 24.8 Å². The second-order valence-corrected chi connectivity index (χ2v) is 5.93. The van der Waals surface area contributed by atoms with Crippen molar-refractivity contribution < 1.29 is 0 Å². The van der Waals surface area contributed by atoms with Gasteiger partial charge in [0.25, 0.3) is 0 Å². The topological polar surface area (TPSA) is 60.0 Å². The van der Waals surface area contributed by atoms with E-state index < -0.39 is 0 Å². The maximum Gasteiger partial charge on any atom is 0.146 e. The van der Waals surface area contributed by atoms with Gasteiger partial charge in [0.15, 0.2) is 0 Å². The van der Waals surface area contributed by atoms with E-state index in [0.29, 0.717) is 17.5 Å². The molecule has 1 aromatic heterocycles. The molecular formula is C15H21N5S. The summed E-state index contributed by atoms with van der Waals surface area (Å²) in [6.45, 7) is 5.85. The summed E-state index contributed by atoms with van der Waals surface area (Å²) in [7, 11) is 2.01. The molecule has 1 heterocycles. The minimum atomic E-state index is 0.404. The van der Waals surface area contributed by atoms with Gasteiger partial charge >= 0.3 is 0 Å². The van der Waals surface area contributed by atoms with Crippen LogP contribution in [0.2, 0.25) is 0 Å². The van der Waals surface area contributed by atoms with E-state index in [1.54, 1.807) is 6.33 Å². The van der Waals surface area contributed by atoms with Crippen molar-refractivity contribution in [2.75, 3.05) is 11.9 Å². The van der Waals surface area contributed by atoms with Crippen LogP contribution in [0.3, 0.4) is 0 Å². The van der Waals surface area contributed by atoms with E-state index >= 15 is 0 Å². The number of hydrogen-bond donors (Lipinski definition) is 1. The molecule has 0 amide bonds. The SMILES string of the molecule is CC(C)Cn1ncnc1CN(C)c1ccccc1C(N)=S. The summed E-state index contributed by atoms with van der Waals surface area (Å²) < 4.78 is 1.95. The number of benzene rings is 1. The molecule has 2 aromatic rings. The van der Waals surface area contributed by atoms with Crippen LogP contribution in [0.1, 0.15) is 25.2 Å². The summed E-state index contributed by atoms with van der Waals surface area (Å²) in [5, 5.41) is 4.29. The Labute approximate surface area is 130 Å². The molecule has 0 saturated carbocycles. The average molecular weight is 303 g/mol. The lowest BCUT2D eigenvalue weighted by atomic mass is 10.1. The van der Waals surface area contributed by atoms with Crippen LogP contribution in [0.15, 0.2) is 30.6 Å². The molecule has 21 heavy (non-hydrogen) atoms. The summed E-state index contributed by atoms with van der Waals surface area (Å²) >= 11 is 5.12. The van der Waals surface area contributed by atoms with Gasteiger partial charge in [-0.2, -0.15) is 5.10 Å². The summed E-state index contributed by atoms with van der Waals surface area (Å²) in [6, 6.07) is 7.87. The molecule has 112 valence electrons. The molecule has 0 radical (unpaired) electrons. The largest absolute Gasteiger partial charge is 0.389 e. The Morgan fingerprint density at radius 3 is 2.76 bits per heavy atom. The van der Waals surface area contributed by atoms with Crippen molar-refractivity contribution in [3.63, 3.8) is 0 Å². The molecular weight excluding hydrogens is 282 g/mol. The number of hydrogen-bond acceptors (Lipinski definition) is 4. The molecule has 0 unspecified atom stereocenters. The number of anilines is 1. The molecule has 0 fully saturated rings. The summed E-state index contributed by atoms with van der Waals surface area (Å²) in [5.74, 6) is 1.46. The number of nitrogens with zero attached hydrogens (tertiary/aromatic N) is 4. The Balaban J connectivity index is 2.21. The van der Waals surface area contributed by atoms with Gasteiger partial charge in [-0.3, -0.25) is 0 Å². The lowest BCUT2D eigenvalue weighted by Gasteiger charge is -2.22. The smallest absolute Gasteiger partial charge is 0.146 e. The van der Waals surface area contributed by atoms with Gasteiger partial charge in [-0.1, -0.05) is 38.2 Å². The van der Waals surface area contributed by atoms with Crippen LogP contribution < -0.4 is 10.6 Å². The zero-order valence-corrected chi connectivity index (χ0v) is 13.5. The third-order valence-electron chi connectivity index (χ3n) is 3.19. The fourth-order valence-corrected chi connectivity index (χ4v) is 2.39. The Morgan fingerprint density at radius 1 is 1.38 bits per heavy atom. The molecule has 0 bridgehead atoms. The van der Waals surface area contributed by atoms with Crippen molar-refractivity contribution in [1.29, 1.82) is 0 Å². The number of thiocarbonyl (C=S) groups is 1. The zero-order chi connectivity index (χ0) is 15.4. The number of para-hydroxylation sites is 1. The number of nitrogens with two attached hydrogens (primary N) is 1. The summed E-state index contributed by atoms with van der Waals surface area (Å²) in [6.07, 6.45) is 1.60. The Morgan fingerprint density at radius 2 is 2.10 bits per heavy atom. The molecule has 2 rings (SSSR count). The van der Waals surface area contributed by atoms with E-state index in [-0.39, 0.29) is 0 Å². The van der Waals surface area contributed by atoms with Gasteiger partial charge in [-0.25, -0.2) is 9.67 Å². The van der Waals surface area contributed by atoms with Crippen molar-refractivity contribution in [2.24, 2.45) is 11.7 Å². The quantitative estimate of drug-likeness (QED) is 0.829. The van der Waals surface area contributed by atoms with Gasteiger partial charge in [-0.05, 0) is 18.1 Å². The monoisotopic (exact) mass is 303 g/mol. The fourth-order valence-electron chi connectivity index (χ4n) is 2.22. The van der Waals surface area contributed by atoms with E-state index in [4.69, 9.17) is 18.0 Å². The van der Waals surface area contributed by atoms with Crippen LogP contribution in [0.5, 0.6) is 0 Å². The molecule has 1 aromatic carbocycles. The van der Waals surface area contributed by atoms with Gasteiger partial charge in [0.1, 0.15) is 17.1 Å². The first-order valence-corrected chi connectivity index (χ1v) is 7.36. The predicted molar refractivity (Wildman–Crippen MR) is 89.3 cm³/mol. The first-order valence-electron chi connectivity index (χ1n) is 6.95. The summed E-state index contributed by atoms with van der Waals surface area (Å²) in [5.41, 5.74) is 7.68. The van der Waals surface area contributed by atoms with Crippen molar-refractivity contribution >= 4 is 22.9 Å². The molecule has 0 spiro atoms. The average Bonchev–Trinajstić information content (AvgIpc) is 2.85. The fraction of sp³-hybridized carbons (Fsp3) is 0.400. The first kappa shape index (κ1) is 15.4. The van der Waals surface area contributed by atoms with Crippen molar-refractivity contribution in [3.8, 4) is 0 Å². The lowest BCUT2D eigenvalue weighted by molar-refractivity contribution is 0.465. The highest BCUT2D eigenvalue weighted by Crippen LogP contribution is 2.20.